The van der Waals surface area contributed by atoms with Gasteiger partial charge in [-0.25, -0.2) is 0 Å². The molecule has 4 heteroatoms. The molecule has 0 aliphatic rings. The van der Waals surface area contributed by atoms with Crippen LogP contribution in [-0.2, 0) is 0 Å². The van der Waals surface area contributed by atoms with Crippen LogP contribution in [0.3, 0.4) is 0 Å². The third kappa shape index (κ3) is 1.47. The van der Waals surface area contributed by atoms with Crippen molar-refractivity contribution in [3.8, 4) is 0 Å². The summed E-state index contributed by atoms with van der Waals surface area (Å²) in [4.78, 5) is 14.7. The minimum absolute atomic E-state index is 0.0376. The van der Waals surface area contributed by atoms with Gasteiger partial charge in [0.15, 0.2) is 0 Å². The Kier molecular flexibility index (Phi) is 2.37. The number of nitrogens with one attached hydrogen (secondary N) is 1. The molecule has 2 nitrogen and oxygen atoms in total. The van der Waals surface area contributed by atoms with Crippen molar-refractivity contribution in [1.29, 1.82) is 0 Å². The number of aromatic nitrogens is 1. The fourth-order valence-electron chi connectivity index (χ4n) is 1.40. The molecule has 0 aliphatic carbocycles. The van der Waals surface area contributed by atoms with E-state index < -0.39 is 0 Å². The topological polar surface area (TPSA) is 32.9 Å². The molecule has 1 aromatic carbocycles. The quantitative estimate of drug-likeness (QED) is 0.784. The maximum atomic E-state index is 11.7. The molecule has 14 heavy (non-hydrogen) atoms. The highest BCUT2D eigenvalue weighted by Crippen LogP contribution is 2.22. The highest BCUT2D eigenvalue weighted by molar-refractivity contribution is 9.10. The molecule has 0 unspecified atom stereocenters. The van der Waals surface area contributed by atoms with Crippen molar-refractivity contribution < 1.29 is 0 Å². The third-order valence-corrected chi connectivity index (χ3v) is 2.93. The van der Waals surface area contributed by atoms with Gasteiger partial charge in [0.25, 0.3) is 0 Å². The monoisotopic (exact) mass is 271 g/mol. The summed E-state index contributed by atoms with van der Waals surface area (Å²) in [7, 11) is 0. The number of halogens is 2. The van der Waals surface area contributed by atoms with E-state index in [0.29, 0.717) is 20.4 Å². The number of pyridine rings is 1. The molecule has 0 saturated carbocycles. The Balaban J connectivity index is 3.03. The van der Waals surface area contributed by atoms with Gasteiger partial charge in [0.05, 0.1) is 15.0 Å². The van der Waals surface area contributed by atoms with Crippen molar-refractivity contribution in [2.24, 2.45) is 0 Å². The summed E-state index contributed by atoms with van der Waals surface area (Å²) < 4.78 is 0.520. The van der Waals surface area contributed by atoms with Crippen LogP contribution in [0.4, 0.5) is 0 Å². The average molecular weight is 273 g/mol. The van der Waals surface area contributed by atoms with Crippen LogP contribution in [0.25, 0.3) is 10.9 Å². The smallest absolute Gasteiger partial charge is 0.203 e. The zero-order valence-corrected chi connectivity index (χ0v) is 9.74. The van der Waals surface area contributed by atoms with Gasteiger partial charge < -0.3 is 4.98 Å². The van der Waals surface area contributed by atoms with Gasteiger partial charge in [-0.1, -0.05) is 11.6 Å². The summed E-state index contributed by atoms with van der Waals surface area (Å²) >= 11 is 9.18. The predicted molar refractivity (Wildman–Crippen MR) is 62.0 cm³/mol. The van der Waals surface area contributed by atoms with E-state index in [9.17, 15) is 4.79 Å². The molecule has 2 rings (SSSR count). The van der Waals surface area contributed by atoms with Crippen molar-refractivity contribution in [3.63, 3.8) is 0 Å². The molecular formula is C10H7BrClNO. The second-order valence-electron chi connectivity index (χ2n) is 3.14. The summed E-state index contributed by atoms with van der Waals surface area (Å²) in [6.07, 6.45) is 1.60. The second-order valence-corrected chi connectivity index (χ2v) is 4.40. The van der Waals surface area contributed by atoms with Crippen LogP contribution in [-0.4, -0.2) is 4.98 Å². The molecule has 1 heterocycles. The molecule has 0 spiro atoms. The van der Waals surface area contributed by atoms with E-state index in [2.05, 4.69) is 20.9 Å². The SMILES string of the molecule is Cc1cc(Cl)c2[nH]cc(Br)c(=O)c2c1. The number of rotatable bonds is 0. The molecule has 1 N–H and O–H groups in total. The Morgan fingerprint density at radius 2 is 2.14 bits per heavy atom. The summed E-state index contributed by atoms with van der Waals surface area (Å²) in [5, 5.41) is 1.19. The van der Waals surface area contributed by atoms with E-state index in [1.807, 2.05) is 19.1 Å². The Hall–Kier alpha value is -0.800. The summed E-state index contributed by atoms with van der Waals surface area (Å²) in [5.74, 6) is 0. The number of aromatic amines is 1. The molecular weight excluding hydrogens is 265 g/mol. The van der Waals surface area contributed by atoms with Crippen LogP contribution < -0.4 is 5.43 Å². The zero-order valence-electron chi connectivity index (χ0n) is 7.40. The van der Waals surface area contributed by atoms with E-state index in [0.717, 1.165) is 5.56 Å². The van der Waals surface area contributed by atoms with Gasteiger partial charge in [0.2, 0.25) is 5.43 Å². The Labute approximate surface area is 94.0 Å². The van der Waals surface area contributed by atoms with Gasteiger partial charge in [0.1, 0.15) is 0 Å². The first-order chi connectivity index (χ1) is 6.59. The van der Waals surface area contributed by atoms with Gasteiger partial charge in [-0.3, -0.25) is 4.79 Å². The highest BCUT2D eigenvalue weighted by atomic mass is 79.9. The number of hydrogen-bond donors (Lipinski definition) is 1. The summed E-state index contributed by atoms with van der Waals surface area (Å²) in [6.45, 7) is 1.91. The average Bonchev–Trinajstić information content (AvgIpc) is 2.12. The van der Waals surface area contributed by atoms with Crippen LogP contribution in [0.15, 0.2) is 27.6 Å². The number of fused-ring (bicyclic) bond motifs is 1. The highest BCUT2D eigenvalue weighted by Gasteiger charge is 2.06. The lowest BCUT2D eigenvalue weighted by molar-refractivity contribution is 1.35. The Morgan fingerprint density at radius 3 is 2.86 bits per heavy atom. The van der Waals surface area contributed by atoms with Crippen molar-refractivity contribution in [2.45, 2.75) is 6.92 Å². The van der Waals surface area contributed by atoms with Crippen LogP contribution in [0, 0.1) is 6.92 Å². The summed E-state index contributed by atoms with van der Waals surface area (Å²) in [6, 6.07) is 3.65. The first kappa shape index (κ1) is 9.74. The van der Waals surface area contributed by atoms with E-state index in [4.69, 9.17) is 11.6 Å². The van der Waals surface area contributed by atoms with Crippen molar-refractivity contribution >= 4 is 38.4 Å². The number of aryl methyl sites for hydroxylation is 1. The minimum Gasteiger partial charge on any atom is -0.359 e. The van der Waals surface area contributed by atoms with E-state index in [1.165, 1.54) is 0 Å². The number of H-pyrrole nitrogens is 1. The largest absolute Gasteiger partial charge is 0.359 e. The van der Waals surface area contributed by atoms with Gasteiger partial charge >= 0.3 is 0 Å². The molecule has 0 fully saturated rings. The molecule has 72 valence electrons. The molecule has 0 atom stereocenters. The lowest BCUT2D eigenvalue weighted by atomic mass is 10.1. The van der Waals surface area contributed by atoms with Gasteiger partial charge in [-0.2, -0.15) is 0 Å². The Morgan fingerprint density at radius 1 is 1.43 bits per heavy atom. The maximum absolute atomic E-state index is 11.7. The first-order valence-corrected chi connectivity index (χ1v) is 5.24. The second kappa shape index (κ2) is 3.41. The molecule has 0 amide bonds. The van der Waals surface area contributed by atoms with Gasteiger partial charge in [-0.15, -0.1) is 0 Å². The minimum atomic E-state index is -0.0376. The van der Waals surface area contributed by atoms with Crippen LogP contribution in [0.2, 0.25) is 5.02 Å². The molecule has 0 radical (unpaired) electrons. The molecule has 0 aliphatic heterocycles. The van der Waals surface area contributed by atoms with Crippen LogP contribution in [0.5, 0.6) is 0 Å². The Bertz CT molecular complexity index is 562. The van der Waals surface area contributed by atoms with E-state index in [1.54, 1.807) is 6.20 Å². The van der Waals surface area contributed by atoms with Crippen molar-refractivity contribution in [2.75, 3.05) is 0 Å². The number of hydrogen-bond acceptors (Lipinski definition) is 1. The number of benzene rings is 1. The fourth-order valence-corrected chi connectivity index (χ4v) is 2.05. The third-order valence-electron chi connectivity index (χ3n) is 2.04. The lowest BCUT2D eigenvalue weighted by Gasteiger charge is -2.02. The van der Waals surface area contributed by atoms with Crippen molar-refractivity contribution in [3.05, 3.63) is 43.6 Å². The molecule has 0 saturated heterocycles. The van der Waals surface area contributed by atoms with Gasteiger partial charge in [-0.05, 0) is 40.5 Å². The van der Waals surface area contributed by atoms with Gasteiger partial charge in [0, 0.05) is 11.6 Å². The molecule has 0 bridgehead atoms. The molecule has 1 aromatic heterocycles. The zero-order chi connectivity index (χ0) is 10.3. The van der Waals surface area contributed by atoms with E-state index >= 15 is 0 Å². The molecule has 2 aromatic rings. The first-order valence-electron chi connectivity index (χ1n) is 4.06. The fraction of sp³-hybridized carbons (Fsp3) is 0.100. The standard InChI is InChI=1S/C10H7BrClNO/c1-5-2-6-9(8(12)3-5)13-4-7(11)10(6)14/h2-4H,1H3,(H,13,14). The van der Waals surface area contributed by atoms with Crippen molar-refractivity contribution in [1.82, 2.24) is 4.98 Å². The van der Waals surface area contributed by atoms with Crippen LogP contribution >= 0.6 is 27.5 Å². The summed E-state index contributed by atoms with van der Waals surface area (Å²) in [5.41, 5.74) is 1.63. The van der Waals surface area contributed by atoms with E-state index in [-0.39, 0.29) is 5.43 Å². The normalized spacial score (nSPS) is 10.8. The lowest BCUT2D eigenvalue weighted by Crippen LogP contribution is -2.03. The predicted octanol–water partition coefficient (Wildman–Crippen LogP) is 3.25. The maximum Gasteiger partial charge on any atom is 0.203 e. The van der Waals surface area contributed by atoms with Crippen LogP contribution in [0.1, 0.15) is 5.56 Å².